The van der Waals surface area contributed by atoms with E-state index in [0.29, 0.717) is 37.8 Å². The lowest BCUT2D eigenvalue weighted by Crippen LogP contribution is -2.41. The summed E-state index contributed by atoms with van der Waals surface area (Å²) in [6, 6.07) is 13.8. The Balaban J connectivity index is 1.41. The van der Waals surface area contributed by atoms with Crippen LogP contribution in [0.5, 0.6) is 0 Å². The number of hydrogen-bond donors (Lipinski definition) is 3. The van der Waals surface area contributed by atoms with E-state index in [2.05, 4.69) is 33.1 Å². The van der Waals surface area contributed by atoms with Crippen LogP contribution in [0.4, 0.5) is 0 Å². The average molecular weight is 426 g/mol. The maximum absolute atomic E-state index is 12.4. The van der Waals surface area contributed by atoms with Crippen molar-refractivity contribution in [1.29, 1.82) is 0 Å². The predicted octanol–water partition coefficient (Wildman–Crippen LogP) is 1.54. The zero-order valence-electron chi connectivity index (χ0n) is 18.0. The van der Waals surface area contributed by atoms with E-state index in [1.807, 2.05) is 30.0 Å². The van der Waals surface area contributed by atoms with Gasteiger partial charge in [-0.2, -0.15) is 0 Å². The topological polar surface area (TPSA) is 99.0 Å². The van der Waals surface area contributed by atoms with Crippen molar-refractivity contribution in [3.8, 4) is 0 Å². The molecule has 1 aromatic carbocycles. The predicted molar refractivity (Wildman–Crippen MR) is 119 cm³/mol. The van der Waals surface area contributed by atoms with Crippen LogP contribution < -0.4 is 16.0 Å². The number of benzene rings is 1. The van der Waals surface area contributed by atoms with Crippen molar-refractivity contribution in [3.63, 3.8) is 0 Å². The number of furan rings is 1. The molecular formula is C23H31N5O3. The van der Waals surface area contributed by atoms with Crippen LogP contribution in [-0.4, -0.2) is 55.4 Å². The van der Waals surface area contributed by atoms with Gasteiger partial charge in [-0.1, -0.05) is 30.3 Å². The number of guanidine groups is 1. The highest BCUT2D eigenvalue weighted by Gasteiger charge is 2.29. The Morgan fingerprint density at radius 1 is 1.16 bits per heavy atom. The van der Waals surface area contributed by atoms with Gasteiger partial charge in [0.05, 0.1) is 12.8 Å². The number of rotatable bonds is 10. The Bertz CT molecular complexity index is 851. The molecule has 1 saturated heterocycles. The molecule has 0 radical (unpaired) electrons. The molecule has 2 amide bonds. The molecular weight excluding hydrogens is 394 g/mol. The van der Waals surface area contributed by atoms with Crippen molar-refractivity contribution in [2.24, 2.45) is 10.9 Å². The Labute approximate surface area is 183 Å². The van der Waals surface area contributed by atoms with E-state index in [0.717, 1.165) is 19.5 Å². The molecule has 1 aliphatic heterocycles. The average Bonchev–Trinajstić information content (AvgIpc) is 3.43. The van der Waals surface area contributed by atoms with Crippen molar-refractivity contribution >= 4 is 17.8 Å². The highest BCUT2D eigenvalue weighted by molar-refractivity contribution is 5.85. The van der Waals surface area contributed by atoms with Crippen LogP contribution in [0.3, 0.4) is 0 Å². The molecule has 3 N–H and O–H groups in total. The van der Waals surface area contributed by atoms with Crippen LogP contribution >= 0.6 is 0 Å². The number of aliphatic imine (C=N–C) groups is 1. The molecule has 1 atom stereocenters. The summed E-state index contributed by atoms with van der Waals surface area (Å²) in [5.74, 6) is 1.51. The Kier molecular flexibility index (Phi) is 8.51. The van der Waals surface area contributed by atoms with Crippen LogP contribution in [0, 0.1) is 5.92 Å². The van der Waals surface area contributed by atoms with Crippen LogP contribution in [0.15, 0.2) is 58.1 Å². The van der Waals surface area contributed by atoms with Crippen LogP contribution in [0.2, 0.25) is 0 Å². The summed E-state index contributed by atoms with van der Waals surface area (Å²) in [4.78, 5) is 30.6. The second-order valence-corrected chi connectivity index (χ2v) is 7.58. The van der Waals surface area contributed by atoms with E-state index in [-0.39, 0.29) is 24.3 Å². The molecule has 2 heterocycles. The molecule has 0 bridgehead atoms. The minimum atomic E-state index is -0.184. The zero-order valence-corrected chi connectivity index (χ0v) is 18.0. The molecule has 0 aliphatic carbocycles. The third-order valence-electron chi connectivity index (χ3n) is 5.13. The molecule has 8 nitrogen and oxygen atoms in total. The summed E-state index contributed by atoms with van der Waals surface area (Å²) in [6.07, 6.45) is 2.97. The second kappa shape index (κ2) is 11.8. The fourth-order valence-corrected chi connectivity index (χ4v) is 3.50. The first-order valence-electron chi connectivity index (χ1n) is 10.8. The van der Waals surface area contributed by atoms with E-state index < -0.39 is 0 Å². The maximum atomic E-state index is 12.4. The third kappa shape index (κ3) is 7.47. The first kappa shape index (κ1) is 22.4. The van der Waals surface area contributed by atoms with Gasteiger partial charge in [-0.05, 0) is 31.0 Å². The van der Waals surface area contributed by atoms with Gasteiger partial charge in [-0.3, -0.25) is 9.59 Å². The SMILES string of the molecule is CCNC(=NCC(=O)NCc1ccco1)NCC1CC(=O)N(CCc2ccccc2)C1. The van der Waals surface area contributed by atoms with Gasteiger partial charge in [0.1, 0.15) is 12.3 Å². The lowest BCUT2D eigenvalue weighted by atomic mass is 10.1. The van der Waals surface area contributed by atoms with Gasteiger partial charge in [0, 0.05) is 38.5 Å². The van der Waals surface area contributed by atoms with E-state index >= 15 is 0 Å². The summed E-state index contributed by atoms with van der Waals surface area (Å²) in [5.41, 5.74) is 1.24. The number of hydrogen-bond acceptors (Lipinski definition) is 4. The Morgan fingerprint density at radius 3 is 2.74 bits per heavy atom. The molecule has 1 aliphatic rings. The molecule has 31 heavy (non-hydrogen) atoms. The smallest absolute Gasteiger partial charge is 0.242 e. The largest absolute Gasteiger partial charge is 0.467 e. The summed E-state index contributed by atoms with van der Waals surface area (Å²) >= 11 is 0. The lowest BCUT2D eigenvalue weighted by molar-refractivity contribution is -0.127. The Hall–Kier alpha value is -3.29. The minimum absolute atomic E-state index is 0.0167. The van der Waals surface area contributed by atoms with Gasteiger partial charge < -0.3 is 25.3 Å². The van der Waals surface area contributed by atoms with Gasteiger partial charge in [0.15, 0.2) is 5.96 Å². The lowest BCUT2D eigenvalue weighted by Gasteiger charge is -2.18. The molecule has 8 heteroatoms. The quantitative estimate of drug-likeness (QED) is 0.396. The van der Waals surface area contributed by atoms with Gasteiger partial charge in [0.25, 0.3) is 0 Å². The number of nitrogens with one attached hydrogen (secondary N) is 3. The normalized spacial score (nSPS) is 16.4. The first-order valence-corrected chi connectivity index (χ1v) is 10.8. The van der Waals surface area contributed by atoms with Crippen LogP contribution in [0.25, 0.3) is 0 Å². The van der Waals surface area contributed by atoms with Crippen molar-refractivity contribution < 1.29 is 14.0 Å². The number of amides is 2. The summed E-state index contributed by atoms with van der Waals surface area (Å²) < 4.78 is 5.20. The van der Waals surface area contributed by atoms with Gasteiger partial charge >= 0.3 is 0 Å². The molecule has 3 rings (SSSR count). The van der Waals surface area contributed by atoms with Crippen LogP contribution in [0.1, 0.15) is 24.7 Å². The molecule has 0 saturated carbocycles. The standard InChI is InChI=1S/C23H31N5O3/c1-2-24-23(27-16-21(29)25-15-20-9-6-12-31-20)26-14-19-13-22(30)28(17-19)11-10-18-7-4-3-5-8-18/h3-9,12,19H,2,10-11,13-17H2,1H3,(H,25,29)(H2,24,26,27). The Morgan fingerprint density at radius 2 is 2.00 bits per heavy atom. The number of likely N-dealkylation sites (tertiary alicyclic amines) is 1. The number of nitrogens with zero attached hydrogens (tertiary/aromatic N) is 2. The van der Waals surface area contributed by atoms with Crippen molar-refractivity contribution in [2.75, 3.05) is 32.7 Å². The first-order chi connectivity index (χ1) is 15.1. The fourth-order valence-electron chi connectivity index (χ4n) is 3.50. The van der Waals surface area contributed by atoms with Crippen molar-refractivity contribution in [2.45, 2.75) is 26.3 Å². The zero-order chi connectivity index (χ0) is 21.9. The second-order valence-electron chi connectivity index (χ2n) is 7.58. The number of carbonyl (C=O) groups is 2. The molecule has 1 aromatic heterocycles. The van der Waals surface area contributed by atoms with E-state index in [1.54, 1.807) is 18.4 Å². The minimum Gasteiger partial charge on any atom is -0.467 e. The fraction of sp³-hybridized carbons (Fsp3) is 0.435. The van der Waals surface area contributed by atoms with Crippen molar-refractivity contribution in [3.05, 3.63) is 60.1 Å². The molecule has 166 valence electrons. The van der Waals surface area contributed by atoms with Crippen molar-refractivity contribution in [1.82, 2.24) is 20.9 Å². The summed E-state index contributed by atoms with van der Waals surface area (Å²) in [6.45, 7) is 5.13. The highest BCUT2D eigenvalue weighted by Crippen LogP contribution is 2.17. The van der Waals surface area contributed by atoms with Gasteiger partial charge in [-0.15, -0.1) is 0 Å². The van der Waals surface area contributed by atoms with Gasteiger partial charge in [0.2, 0.25) is 11.8 Å². The monoisotopic (exact) mass is 425 g/mol. The summed E-state index contributed by atoms with van der Waals surface area (Å²) in [5, 5.41) is 9.18. The highest BCUT2D eigenvalue weighted by atomic mass is 16.3. The number of carbonyl (C=O) groups excluding carboxylic acids is 2. The van der Waals surface area contributed by atoms with E-state index in [1.165, 1.54) is 5.56 Å². The van der Waals surface area contributed by atoms with E-state index in [4.69, 9.17) is 4.42 Å². The van der Waals surface area contributed by atoms with Gasteiger partial charge in [-0.25, -0.2) is 4.99 Å². The molecule has 1 fully saturated rings. The molecule has 2 aromatic rings. The summed E-state index contributed by atoms with van der Waals surface area (Å²) in [7, 11) is 0. The molecule has 0 spiro atoms. The third-order valence-corrected chi connectivity index (χ3v) is 5.13. The molecule has 1 unspecified atom stereocenters. The maximum Gasteiger partial charge on any atom is 0.242 e. The van der Waals surface area contributed by atoms with E-state index in [9.17, 15) is 9.59 Å². The van der Waals surface area contributed by atoms with Crippen LogP contribution in [-0.2, 0) is 22.6 Å².